The molecule has 5 nitrogen and oxygen atoms in total. The maximum Gasteiger partial charge on any atom is 0.329 e. The average Bonchev–Trinajstić information content (AvgIpc) is 2.83. The molecule has 23 heavy (non-hydrogen) atoms. The molecule has 0 amide bonds. The van der Waals surface area contributed by atoms with Crippen molar-refractivity contribution < 1.29 is 5.11 Å². The van der Waals surface area contributed by atoms with E-state index in [1.54, 1.807) is 9.13 Å². The molecule has 0 radical (unpaired) electrons. The minimum Gasteiger partial charge on any atom is -0.389 e. The number of rotatable bonds is 3. The first kappa shape index (κ1) is 14.2. The fourth-order valence-electron chi connectivity index (χ4n) is 3.59. The number of nitrogens with one attached hydrogen (secondary N) is 1. The average molecular weight is 309 g/mol. The van der Waals surface area contributed by atoms with Crippen LogP contribution in [0.3, 0.4) is 0 Å². The van der Waals surface area contributed by atoms with Crippen LogP contribution in [0.2, 0.25) is 0 Å². The van der Waals surface area contributed by atoms with Gasteiger partial charge in [0.15, 0.2) is 0 Å². The second-order valence-corrected chi connectivity index (χ2v) is 6.01. The summed E-state index contributed by atoms with van der Waals surface area (Å²) >= 11 is 0. The van der Waals surface area contributed by atoms with Crippen LogP contribution in [-0.4, -0.2) is 27.4 Å². The number of likely N-dealkylation sites (N-methyl/N-ethyl adjacent to an activating group) is 1. The molecule has 1 aliphatic rings. The molecule has 1 aromatic heterocycles. The van der Waals surface area contributed by atoms with E-state index in [-0.39, 0.29) is 11.7 Å². The third-order valence-corrected chi connectivity index (χ3v) is 4.65. The molecule has 0 aliphatic carbocycles. The van der Waals surface area contributed by atoms with Gasteiger partial charge >= 0.3 is 5.69 Å². The summed E-state index contributed by atoms with van der Waals surface area (Å²) in [7, 11) is 1.83. The van der Waals surface area contributed by atoms with Gasteiger partial charge in [0.05, 0.1) is 36.3 Å². The lowest BCUT2D eigenvalue weighted by atomic mass is 9.96. The number of aromatic nitrogens is 2. The van der Waals surface area contributed by atoms with E-state index in [1.807, 2.05) is 55.6 Å². The number of imidazole rings is 1. The Morgan fingerprint density at radius 3 is 2.70 bits per heavy atom. The second-order valence-electron chi connectivity index (χ2n) is 6.01. The van der Waals surface area contributed by atoms with Gasteiger partial charge in [0.25, 0.3) is 0 Å². The van der Waals surface area contributed by atoms with Gasteiger partial charge in [0.1, 0.15) is 0 Å². The summed E-state index contributed by atoms with van der Waals surface area (Å²) in [6.45, 7) is 0.854. The summed E-state index contributed by atoms with van der Waals surface area (Å²) in [4.78, 5) is 12.8. The normalized spacial score (nSPS) is 20.1. The molecule has 4 rings (SSSR count). The third-order valence-electron chi connectivity index (χ3n) is 4.65. The van der Waals surface area contributed by atoms with Crippen molar-refractivity contribution in [2.75, 3.05) is 7.05 Å². The van der Waals surface area contributed by atoms with E-state index >= 15 is 0 Å². The highest BCUT2D eigenvalue weighted by atomic mass is 16.3. The van der Waals surface area contributed by atoms with Crippen molar-refractivity contribution in [3.63, 3.8) is 0 Å². The van der Waals surface area contributed by atoms with Crippen LogP contribution in [0.1, 0.15) is 17.2 Å². The van der Waals surface area contributed by atoms with E-state index in [9.17, 15) is 9.90 Å². The highest BCUT2D eigenvalue weighted by molar-refractivity contribution is 5.81. The summed E-state index contributed by atoms with van der Waals surface area (Å²) in [5.74, 6) is 0. The molecule has 0 saturated heterocycles. The molecule has 1 aliphatic heterocycles. The predicted molar refractivity (Wildman–Crippen MR) is 89.5 cm³/mol. The van der Waals surface area contributed by atoms with Crippen LogP contribution in [0, 0.1) is 0 Å². The van der Waals surface area contributed by atoms with Crippen molar-refractivity contribution in [1.29, 1.82) is 0 Å². The lowest BCUT2D eigenvalue weighted by molar-refractivity contribution is 0.107. The summed E-state index contributed by atoms with van der Waals surface area (Å²) in [5.41, 5.74) is 3.85. The Kier molecular flexibility index (Phi) is 3.32. The van der Waals surface area contributed by atoms with Gasteiger partial charge in [0, 0.05) is 0 Å². The topological polar surface area (TPSA) is 59.2 Å². The van der Waals surface area contributed by atoms with E-state index in [1.165, 1.54) is 0 Å². The quantitative estimate of drug-likeness (QED) is 0.770. The minimum atomic E-state index is -0.608. The van der Waals surface area contributed by atoms with Crippen LogP contribution in [0.15, 0.2) is 53.3 Å². The lowest BCUT2D eigenvalue weighted by Gasteiger charge is -2.28. The number of aliphatic hydroxyl groups excluding tert-OH is 1. The molecule has 2 aromatic carbocycles. The number of hydrogen-bond donors (Lipinski definition) is 2. The zero-order chi connectivity index (χ0) is 16.0. The van der Waals surface area contributed by atoms with Crippen LogP contribution in [0.5, 0.6) is 0 Å². The van der Waals surface area contributed by atoms with Gasteiger partial charge in [-0.05, 0) is 24.2 Å². The summed E-state index contributed by atoms with van der Waals surface area (Å²) in [6, 6.07) is 15.7. The van der Waals surface area contributed by atoms with Crippen molar-refractivity contribution in [3.05, 3.63) is 70.1 Å². The van der Waals surface area contributed by atoms with E-state index in [4.69, 9.17) is 0 Å². The van der Waals surface area contributed by atoms with E-state index in [2.05, 4.69) is 5.32 Å². The Morgan fingerprint density at radius 1 is 1.17 bits per heavy atom. The second kappa shape index (κ2) is 5.37. The van der Waals surface area contributed by atoms with Crippen LogP contribution >= 0.6 is 0 Å². The molecular weight excluding hydrogens is 290 g/mol. The lowest BCUT2D eigenvalue weighted by Crippen LogP contribution is -2.39. The molecule has 0 fully saturated rings. The molecule has 2 atom stereocenters. The Morgan fingerprint density at radius 2 is 1.96 bits per heavy atom. The van der Waals surface area contributed by atoms with E-state index < -0.39 is 6.10 Å². The molecule has 3 aromatic rings. The van der Waals surface area contributed by atoms with Gasteiger partial charge in [-0.2, -0.15) is 0 Å². The first-order chi connectivity index (χ1) is 11.2. The Labute approximate surface area is 133 Å². The molecule has 0 unspecified atom stereocenters. The largest absolute Gasteiger partial charge is 0.389 e. The summed E-state index contributed by atoms with van der Waals surface area (Å²) in [6.07, 6.45) is -0.608. The SMILES string of the molecule is CN[C@@H]1c2cccc3c2n(c(=O)n3Cc2ccccc2)C[C@H]1O. The van der Waals surface area contributed by atoms with Crippen molar-refractivity contribution in [2.24, 2.45) is 0 Å². The Balaban J connectivity index is 1.94. The Hall–Kier alpha value is -2.37. The van der Waals surface area contributed by atoms with Crippen molar-refractivity contribution >= 4 is 11.0 Å². The van der Waals surface area contributed by atoms with Crippen molar-refractivity contribution in [3.8, 4) is 0 Å². The van der Waals surface area contributed by atoms with Gasteiger partial charge in [-0.1, -0.05) is 42.5 Å². The first-order valence-electron chi connectivity index (χ1n) is 7.82. The summed E-state index contributed by atoms with van der Waals surface area (Å²) < 4.78 is 3.49. The minimum absolute atomic E-state index is 0.0649. The molecule has 5 heteroatoms. The van der Waals surface area contributed by atoms with Crippen molar-refractivity contribution in [1.82, 2.24) is 14.5 Å². The zero-order valence-corrected chi connectivity index (χ0v) is 12.9. The maximum atomic E-state index is 12.8. The third kappa shape index (κ3) is 2.12. The van der Waals surface area contributed by atoms with Crippen LogP contribution < -0.4 is 11.0 Å². The molecule has 0 bridgehead atoms. The zero-order valence-electron chi connectivity index (χ0n) is 12.9. The van der Waals surface area contributed by atoms with Gasteiger partial charge in [-0.25, -0.2) is 4.79 Å². The molecule has 0 saturated carbocycles. The van der Waals surface area contributed by atoms with Crippen LogP contribution in [0.4, 0.5) is 0 Å². The molecule has 2 heterocycles. The van der Waals surface area contributed by atoms with Crippen LogP contribution in [0.25, 0.3) is 11.0 Å². The molecule has 118 valence electrons. The van der Waals surface area contributed by atoms with Gasteiger partial charge in [-0.15, -0.1) is 0 Å². The number of aliphatic hydroxyl groups is 1. The monoisotopic (exact) mass is 309 g/mol. The fourth-order valence-corrected chi connectivity index (χ4v) is 3.59. The number of nitrogens with zero attached hydrogens (tertiary/aromatic N) is 2. The van der Waals surface area contributed by atoms with E-state index in [0.717, 1.165) is 22.2 Å². The van der Waals surface area contributed by atoms with Gasteiger partial charge in [-0.3, -0.25) is 9.13 Å². The number of benzene rings is 2. The number of para-hydroxylation sites is 1. The van der Waals surface area contributed by atoms with E-state index in [0.29, 0.717) is 13.1 Å². The fraction of sp³-hybridized carbons (Fsp3) is 0.278. The highest BCUT2D eigenvalue weighted by Gasteiger charge is 2.31. The van der Waals surface area contributed by atoms with Crippen molar-refractivity contribution in [2.45, 2.75) is 25.2 Å². The summed E-state index contributed by atoms with van der Waals surface area (Å²) in [5, 5.41) is 13.5. The standard InChI is InChI=1S/C18H19N3O2/c1-19-16-13-8-5-9-14-17(13)21(11-15(16)22)18(23)20(14)10-12-6-3-2-4-7-12/h2-9,15-16,19,22H,10-11H2,1H3/t15-,16-/m1/s1. The molecule has 0 spiro atoms. The smallest absolute Gasteiger partial charge is 0.329 e. The van der Waals surface area contributed by atoms with Gasteiger partial charge < -0.3 is 10.4 Å². The number of hydrogen-bond acceptors (Lipinski definition) is 3. The maximum absolute atomic E-state index is 12.8. The highest BCUT2D eigenvalue weighted by Crippen LogP contribution is 2.31. The van der Waals surface area contributed by atoms with Gasteiger partial charge in [0.2, 0.25) is 0 Å². The predicted octanol–water partition coefficient (Wildman–Crippen LogP) is 1.49. The Bertz CT molecular complexity index is 911. The van der Waals surface area contributed by atoms with Crippen LogP contribution in [-0.2, 0) is 13.1 Å². The molecule has 2 N–H and O–H groups in total. The first-order valence-corrected chi connectivity index (χ1v) is 7.82. The molecular formula is C18H19N3O2.